The number of anilines is 1. The number of carbonyl (C=O) groups is 2. The zero-order chi connectivity index (χ0) is 10.8. The lowest BCUT2D eigenvalue weighted by atomic mass is 10.3. The van der Waals surface area contributed by atoms with Gasteiger partial charge in [-0.1, -0.05) is 11.6 Å². The van der Waals surface area contributed by atoms with Crippen LogP contribution in [0.4, 0.5) is 5.69 Å². The number of nitrogens with zero attached hydrogens (tertiary/aromatic N) is 1. The Balaban J connectivity index is 2.12. The van der Waals surface area contributed by atoms with Crippen molar-refractivity contribution in [1.29, 1.82) is 0 Å². The van der Waals surface area contributed by atoms with Crippen molar-refractivity contribution in [3.63, 3.8) is 0 Å². The first-order chi connectivity index (χ1) is 7.16. The molecule has 15 heavy (non-hydrogen) atoms. The van der Waals surface area contributed by atoms with E-state index in [9.17, 15) is 9.59 Å². The highest BCUT2D eigenvalue weighted by molar-refractivity contribution is 6.30. The normalized spacial score (nSPS) is 14.9. The Labute approximate surface area is 91.1 Å². The van der Waals surface area contributed by atoms with Crippen LogP contribution in [0.3, 0.4) is 0 Å². The van der Waals surface area contributed by atoms with Crippen LogP contribution in [-0.2, 0) is 9.59 Å². The van der Waals surface area contributed by atoms with Gasteiger partial charge < -0.3 is 0 Å². The minimum absolute atomic E-state index is 0.380. The predicted octanol–water partition coefficient (Wildman–Crippen LogP) is 1.59. The van der Waals surface area contributed by atoms with Gasteiger partial charge in [-0.25, -0.2) is 0 Å². The molecule has 0 unspecified atom stereocenters. The third kappa shape index (κ3) is 1.99. The first-order valence-electron chi connectivity index (χ1n) is 4.25. The number of hydrazine groups is 1. The largest absolute Gasteiger partial charge is 0.288 e. The number of nitrogens with one attached hydrogen (secondary N) is 1. The smallest absolute Gasteiger partial charge is 0.272 e. The molecule has 1 heterocycles. The Morgan fingerprint density at radius 3 is 2.07 bits per heavy atom. The van der Waals surface area contributed by atoms with Crippen LogP contribution in [0.25, 0.3) is 0 Å². The van der Waals surface area contributed by atoms with Crippen molar-refractivity contribution in [2.75, 3.05) is 5.43 Å². The summed E-state index contributed by atoms with van der Waals surface area (Å²) in [6.07, 6.45) is 2.43. The molecule has 0 saturated heterocycles. The second kappa shape index (κ2) is 3.74. The first kappa shape index (κ1) is 9.73. The third-order valence-electron chi connectivity index (χ3n) is 1.89. The SMILES string of the molecule is O=C1C=CC(=O)N1Nc1ccc(Cl)cc1. The summed E-state index contributed by atoms with van der Waals surface area (Å²) in [6.45, 7) is 0. The van der Waals surface area contributed by atoms with Crippen molar-refractivity contribution in [3.05, 3.63) is 41.4 Å². The molecule has 76 valence electrons. The fourth-order valence-electron chi connectivity index (χ4n) is 1.16. The molecular weight excluding hydrogens is 216 g/mol. The number of carbonyl (C=O) groups excluding carboxylic acids is 2. The first-order valence-corrected chi connectivity index (χ1v) is 4.63. The lowest BCUT2D eigenvalue weighted by Gasteiger charge is -2.15. The van der Waals surface area contributed by atoms with Gasteiger partial charge in [0.15, 0.2) is 0 Å². The van der Waals surface area contributed by atoms with Gasteiger partial charge in [-0.15, -0.1) is 0 Å². The predicted molar refractivity (Wildman–Crippen MR) is 56.1 cm³/mol. The van der Waals surface area contributed by atoms with E-state index in [4.69, 9.17) is 11.6 Å². The van der Waals surface area contributed by atoms with Crippen LogP contribution < -0.4 is 5.43 Å². The topological polar surface area (TPSA) is 49.4 Å². The average molecular weight is 223 g/mol. The van der Waals surface area contributed by atoms with Gasteiger partial charge in [0.25, 0.3) is 11.8 Å². The van der Waals surface area contributed by atoms with E-state index in [2.05, 4.69) is 5.43 Å². The monoisotopic (exact) mass is 222 g/mol. The summed E-state index contributed by atoms with van der Waals surface area (Å²) >= 11 is 5.70. The summed E-state index contributed by atoms with van der Waals surface area (Å²) in [6, 6.07) is 6.70. The number of amides is 2. The van der Waals surface area contributed by atoms with E-state index in [1.807, 2.05) is 0 Å². The van der Waals surface area contributed by atoms with Gasteiger partial charge in [0.05, 0.1) is 5.69 Å². The summed E-state index contributed by atoms with van der Waals surface area (Å²) in [5.41, 5.74) is 3.31. The maximum atomic E-state index is 11.2. The molecule has 4 nitrogen and oxygen atoms in total. The van der Waals surface area contributed by atoms with Crippen molar-refractivity contribution in [3.8, 4) is 0 Å². The molecule has 0 fully saturated rings. The molecule has 0 saturated carbocycles. The molecule has 1 aromatic carbocycles. The van der Waals surface area contributed by atoms with Crippen LogP contribution >= 0.6 is 11.6 Å². The molecule has 2 amide bonds. The Hall–Kier alpha value is -1.81. The molecule has 2 rings (SSSR count). The van der Waals surface area contributed by atoms with Gasteiger partial charge in [0.2, 0.25) is 0 Å². The van der Waals surface area contributed by atoms with E-state index >= 15 is 0 Å². The Bertz CT molecular complexity index is 421. The Morgan fingerprint density at radius 2 is 1.53 bits per heavy atom. The molecule has 1 aliphatic rings. The zero-order valence-electron chi connectivity index (χ0n) is 7.61. The molecule has 0 radical (unpaired) electrons. The van der Waals surface area contributed by atoms with Crippen LogP contribution in [0.15, 0.2) is 36.4 Å². The van der Waals surface area contributed by atoms with Crippen LogP contribution in [-0.4, -0.2) is 16.8 Å². The number of imide groups is 1. The van der Waals surface area contributed by atoms with Crippen molar-refractivity contribution >= 4 is 29.1 Å². The number of hydrogen-bond donors (Lipinski definition) is 1. The van der Waals surface area contributed by atoms with E-state index in [0.29, 0.717) is 10.7 Å². The second-order valence-corrected chi connectivity index (χ2v) is 3.40. The second-order valence-electron chi connectivity index (χ2n) is 2.96. The Kier molecular flexibility index (Phi) is 2.43. The van der Waals surface area contributed by atoms with Gasteiger partial charge in [-0.3, -0.25) is 15.0 Å². The van der Waals surface area contributed by atoms with Gasteiger partial charge in [-0.05, 0) is 24.3 Å². The zero-order valence-corrected chi connectivity index (χ0v) is 8.36. The summed E-state index contributed by atoms with van der Waals surface area (Å²) in [5, 5.41) is 1.53. The summed E-state index contributed by atoms with van der Waals surface area (Å²) < 4.78 is 0. The molecule has 0 aliphatic carbocycles. The lowest BCUT2D eigenvalue weighted by molar-refractivity contribution is -0.135. The standard InChI is InChI=1S/C10H7ClN2O2/c11-7-1-3-8(4-2-7)12-13-9(14)5-6-10(13)15/h1-6,12H. The molecule has 1 aliphatic heterocycles. The number of rotatable bonds is 2. The molecular formula is C10H7ClN2O2. The van der Waals surface area contributed by atoms with Crippen molar-refractivity contribution in [2.24, 2.45) is 0 Å². The summed E-state index contributed by atoms with van der Waals surface area (Å²) in [7, 11) is 0. The fraction of sp³-hybridized carbons (Fsp3) is 0. The maximum absolute atomic E-state index is 11.2. The van der Waals surface area contributed by atoms with Crippen LogP contribution in [0.5, 0.6) is 0 Å². The van der Waals surface area contributed by atoms with E-state index in [-0.39, 0.29) is 11.8 Å². The number of benzene rings is 1. The van der Waals surface area contributed by atoms with E-state index in [1.54, 1.807) is 24.3 Å². The highest BCUT2D eigenvalue weighted by atomic mass is 35.5. The number of hydrogen-bond acceptors (Lipinski definition) is 3. The van der Waals surface area contributed by atoms with Gasteiger partial charge in [-0.2, -0.15) is 5.01 Å². The molecule has 0 spiro atoms. The van der Waals surface area contributed by atoms with E-state index in [0.717, 1.165) is 5.01 Å². The quantitative estimate of drug-likeness (QED) is 0.774. The molecule has 1 N–H and O–H groups in total. The molecule has 1 aromatic rings. The van der Waals surface area contributed by atoms with E-state index < -0.39 is 0 Å². The third-order valence-corrected chi connectivity index (χ3v) is 2.15. The van der Waals surface area contributed by atoms with Crippen LogP contribution in [0.2, 0.25) is 5.02 Å². The highest BCUT2D eigenvalue weighted by Crippen LogP contribution is 2.15. The minimum atomic E-state index is -0.380. The maximum Gasteiger partial charge on any atom is 0.272 e. The van der Waals surface area contributed by atoms with Crippen LogP contribution in [0.1, 0.15) is 0 Å². The van der Waals surface area contributed by atoms with Gasteiger partial charge in [0, 0.05) is 17.2 Å². The molecule has 0 bridgehead atoms. The van der Waals surface area contributed by atoms with Crippen molar-refractivity contribution in [1.82, 2.24) is 5.01 Å². The lowest BCUT2D eigenvalue weighted by Crippen LogP contribution is -2.35. The summed E-state index contributed by atoms with van der Waals surface area (Å²) in [4.78, 5) is 22.4. The van der Waals surface area contributed by atoms with Crippen molar-refractivity contribution in [2.45, 2.75) is 0 Å². The van der Waals surface area contributed by atoms with Crippen LogP contribution in [0, 0.1) is 0 Å². The minimum Gasteiger partial charge on any atom is -0.288 e. The highest BCUT2D eigenvalue weighted by Gasteiger charge is 2.23. The van der Waals surface area contributed by atoms with Gasteiger partial charge in [0.1, 0.15) is 0 Å². The number of halogens is 1. The molecule has 0 atom stereocenters. The fourth-order valence-corrected chi connectivity index (χ4v) is 1.29. The van der Waals surface area contributed by atoms with E-state index in [1.165, 1.54) is 12.2 Å². The van der Waals surface area contributed by atoms with Gasteiger partial charge >= 0.3 is 0 Å². The summed E-state index contributed by atoms with van der Waals surface area (Å²) in [5.74, 6) is -0.759. The molecule has 0 aromatic heterocycles. The van der Waals surface area contributed by atoms with Crippen molar-refractivity contribution < 1.29 is 9.59 Å². The average Bonchev–Trinajstić information content (AvgIpc) is 2.53. The molecule has 5 heteroatoms. The Morgan fingerprint density at radius 1 is 1.00 bits per heavy atom.